The minimum absolute atomic E-state index is 0.251. The molecule has 2 amide bonds. The molecule has 0 fully saturated rings. The third-order valence-electron chi connectivity index (χ3n) is 3.52. The van der Waals surface area contributed by atoms with Crippen LogP contribution in [0.3, 0.4) is 0 Å². The summed E-state index contributed by atoms with van der Waals surface area (Å²) in [6.45, 7) is 0.894. The maximum atomic E-state index is 12.3. The molecule has 2 aromatic carbocycles. The number of carbonyl (C=O) groups is 2. The fourth-order valence-corrected chi connectivity index (χ4v) is 2.45. The van der Waals surface area contributed by atoms with Crippen molar-refractivity contribution in [3.8, 4) is 0 Å². The zero-order chi connectivity index (χ0) is 14.8. The van der Waals surface area contributed by atoms with E-state index in [9.17, 15) is 9.59 Å². The van der Waals surface area contributed by atoms with Gasteiger partial charge in [-0.05, 0) is 42.3 Å². The summed E-state index contributed by atoms with van der Waals surface area (Å²) in [7, 11) is 0. The Kier molecular flexibility index (Phi) is 3.31. The number of anilines is 2. The van der Waals surface area contributed by atoms with Gasteiger partial charge in [-0.3, -0.25) is 9.59 Å². The third kappa shape index (κ3) is 2.58. The Hall–Kier alpha value is -2.82. The minimum atomic E-state index is -0.566. The summed E-state index contributed by atoms with van der Waals surface area (Å²) in [5, 5.41) is 5.99. The Labute approximate surface area is 122 Å². The van der Waals surface area contributed by atoms with Crippen LogP contribution in [0.5, 0.6) is 0 Å². The molecule has 0 atom stereocenters. The highest BCUT2D eigenvalue weighted by atomic mass is 16.2. The largest absolute Gasteiger partial charge is 0.384 e. The molecule has 5 nitrogen and oxygen atoms in total. The predicted molar refractivity (Wildman–Crippen MR) is 81.5 cm³/mol. The summed E-state index contributed by atoms with van der Waals surface area (Å²) in [6, 6.07) is 12.2. The van der Waals surface area contributed by atoms with Gasteiger partial charge >= 0.3 is 0 Å². The number of carbonyl (C=O) groups excluding carboxylic acids is 2. The number of rotatable bonds is 3. The first-order valence-corrected chi connectivity index (χ1v) is 6.72. The fourth-order valence-electron chi connectivity index (χ4n) is 2.45. The molecule has 0 aliphatic carbocycles. The highest BCUT2D eigenvalue weighted by Gasteiger charge is 2.15. The van der Waals surface area contributed by atoms with Crippen LogP contribution in [0.25, 0.3) is 0 Å². The number of hydrogen-bond donors (Lipinski definition) is 3. The molecule has 0 spiro atoms. The van der Waals surface area contributed by atoms with Gasteiger partial charge in [-0.1, -0.05) is 12.1 Å². The molecule has 0 bridgehead atoms. The third-order valence-corrected chi connectivity index (χ3v) is 3.52. The lowest BCUT2D eigenvalue weighted by molar-refractivity contribution is 0.100. The van der Waals surface area contributed by atoms with E-state index in [1.54, 1.807) is 30.3 Å². The molecule has 0 aromatic heterocycles. The van der Waals surface area contributed by atoms with Crippen molar-refractivity contribution in [2.45, 2.75) is 6.42 Å². The predicted octanol–water partition coefficient (Wildman–Crippen LogP) is 2.01. The molecule has 0 saturated heterocycles. The van der Waals surface area contributed by atoms with Gasteiger partial charge in [0.05, 0.1) is 11.3 Å². The molecule has 1 aliphatic rings. The molecular weight excluding hydrogens is 266 g/mol. The van der Waals surface area contributed by atoms with Crippen molar-refractivity contribution in [2.75, 3.05) is 17.2 Å². The van der Waals surface area contributed by atoms with Crippen LogP contribution >= 0.6 is 0 Å². The quantitative estimate of drug-likeness (QED) is 0.804. The van der Waals surface area contributed by atoms with Crippen molar-refractivity contribution in [3.63, 3.8) is 0 Å². The van der Waals surface area contributed by atoms with Crippen molar-refractivity contribution in [3.05, 3.63) is 59.2 Å². The summed E-state index contributed by atoms with van der Waals surface area (Å²) in [5.41, 5.74) is 8.80. The molecule has 2 aromatic rings. The standard InChI is InChI=1S/C16H15N3O2/c17-15(20)12-3-1-2-4-14(12)19-16(21)11-5-6-13-10(9-11)7-8-18-13/h1-6,9,18H,7-8H2,(H2,17,20)(H,19,21). The molecule has 106 valence electrons. The first kappa shape index (κ1) is 13.2. The molecule has 3 rings (SSSR count). The van der Waals surface area contributed by atoms with E-state index >= 15 is 0 Å². The second-order valence-corrected chi connectivity index (χ2v) is 4.91. The van der Waals surface area contributed by atoms with Gasteiger partial charge in [0.25, 0.3) is 11.8 Å². The van der Waals surface area contributed by atoms with Crippen molar-refractivity contribution < 1.29 is 9.59 Å². The molecule has 4 N–H and O–H groups in total. The van der Waals surface area contributed by atoms with E-state index in [2.05, 4.69) is 10.6 Å². The van der Waals surface area contributed by atoms with Gasteiger partial charge in [-0.2, -0.15) is 0 Å². The van der Waals surface area contributed by atoms with Crippen LogP contribution in [0.1, 0.15) is 26.3 Å². The summed E-state index contributed by atoms with van der Waals surface area (Å²) in [6.07, 6.45) is 0.911. The zero-order valence-electron chi connectivity index (χ0n) is 11.3. The highest BCUT2D eigenvalue weighted by molar-refractivity contribution is 6.08. The first-order chi connectivity index (χ1) is 10.1. The van der Waals surface area contributed by atoms with E-state index in [-0.39, 0.29) is 5.91 Å². The number of benzene rings is 2. The van der Waals surface area contributed by atoms with E-state index in [0.717, 1.165) is 24.2 Å². The van der Waals surface area contributed by atoms with Crippen molar-refractivity contribution in [1.29, 1.82) is 0 Å². The van der Waals surface area contributed by atoms with Crippen LogP contribution in [0.2, 0.25) is 0 Å². The summed E-state index contributed by atoms with van der Waals surface area (Å²) >= 11 is 0. The second kappa shape index (κ2) is 5.28. The zero-order valence-corrected chi connectivity index (χ0v) is 11.3. The lowest BCUT2D eigenvalue weighted by atomic mass is 10.1. The fraction of sp³-hybridized carbons (Fsp3) is 0.125. The molecule has 5 heteroatoms. The number of hydrogen-bond acceptors (Lipinski definition) is 3. The van der Waals surface area contributed by atoms with Crippen LogP contribution < -0.4 is 16.4 Å². The molecule has 21 heavy (non-hydrogen) atoms. The van der Waals surface area contributed by atoms with E-state index < -0.39 is 5.91 Å². The van der Waals surface area contributed by atoms with Crippen LogP contribution in [0.15, 0.2) is 42.5 Å². The van der Waals surface area contributed by atoms with Crippen LogP contribution in [0.4, 0.5) is 11.4 Å². The van der Waals surface area contributed by atoms with Gasteiger partial charge in [0.2, 0.25) is 0 Å². The summed E-state index contributed by atoms with van der Waals surface area (Å²) in [5.74, 6) is -0.817. The van der Waals surface area contributed by atoms with E-state index in [1.807, 2.05) is 12.1 Å². The van der Waals surface area contributed by atoms with E-state index in [1.165, 1.54) is 0 Å². The van der Waals surface area contributed by atoms with Crippen LogP contribution in [-0.4, -0.2) is 18.4 Å². The molecule has 1 heterocycles. The van der Waals surface area contributed by atoms with Gasteiger partial charge in [-0.15, -0.1) is 0 Å². The number of nitrogens with two attached hydrogens (primary N) is 1. The van der Waals surface area contributed by atoms with Crippen LogP contribution in [0, 0.1) is 0 Å². The van der Waals surface area contributed by atoms with Gasteiger partial charge in [0.1, 0.15) is 0 Å². The number of amides is 2. The van der Waals surface area contributed by atoms with Gasteiger partial charge < -0.3 is 16.4 Å². The maximum Gasteiger partial charge on any atom is 0.255 e. The molecule has 0 saturated carbocycles. The SMILES string of the molecule is NC(=O)c1ccccc1NC(=O)c1ccc2c(c1)CCN2. The minimum Gasteiger partial charge on any atom is -0.384 e. The number of para-hydroxylation sites is 1. The average molecular weight is 281 g/mol. The molecule has 0 unspecified atom stereocenters. The Morgan fingerprint density at radius 3 is 2.76 bits per heavy atom. The lowest BCUT2D eigenvalue weighted by Gasteiger charge is -2.09. The lowest BCUT2D eigenvalue weighted by Crippen LogP contribution is -2.18. The number of fused-ring (bicyclic) bond motifs is 1. The average Bonchev–Trinajstić information content (AvgIpc) is 2.94. The number of nitrogens with one attached hydrogen (secondary N) is 2. The normalized spacial score (nSPS) is 12.4. The van der Waals surface area contributed by atoms with Crippen molar-refractivity contribution >= 4 is 23.2 Å². The topological polar surface area (TPSA) is 84.2 Å². The molecule has 0 radical (unpaired) electrons. The van der Waals surface area contributed by atoms with Gasteiger partial charge in [0, 0.05) is 17.8 Å². The summed E-state index contributed by atoms with van der Waals surface area (Å²) in [4.78, 5) is 23.7. The smallest absolute Gasteiger partial charge is 0.255 e. The Balaban J connectivity index is 1.85. The van der Waals surface area contributed by atoms with Gasteiger partial charge in [0.15, 0.2) is 0 Å². The number of primary amides is 1. The first-order valence-electron chi connectivity index (χ1n) is 6.72. The molecular formula is C16H15N3O2. The second-order valence-electron chi connectivity index (χ2n) is 4.91. The summed E-state index contributed by atoms with van der Waals surface area (Å²) < 4.78 is 0. The Morgan fingerprint density at radius 1 is 1.14 bits per heavy atom. The molecule has 1 aliphatic heterocycles. The van der Waals surface area contributed by atoms with E-state index in [0.29, 0.717) is 16.8 Å². The Bertz CT molecular complexity index is 725. The maximum absolute atomic E-state index is 12.3. The highest BCUT2D eigenvalue weighted by Crippen LogP contribution is 2.24. The monoisotopic (exact) mass is 281 g/mol. The van der Waals surface area contributed by atoms with Gasteiger partial charge in [-0.25, -0.2) is 0 Å². The van der Waals surface area contributed by atoms with Crippen LogP contribution in [-0.2, 0) is 6.42 Å². The Morgan fingerprint density at radius 2 is 1.95 bits per heavy atom. The van der Waals surface area contributed by atoms with E-state index in [4.69, 9.17) is 5.73 Å². The van der Waals surface area contributed by atoms with Crippen molar-refractivity contribution in [2.24, 2.45) is 5.73 Å². The van der Waals surface area contributed by atoms with Crippen molar-refractivity contribution in [1.82, 2.24) is 0 Å².